The van der Waals surface area contributed by atoms with Crippen molar-refractivity contribution in [1.82, 2.24) is 19.4 Å². The molecule has 3 aliphatic rings. The average molecular weight is 411 g/mol. The molecule has 2 fully saturated rings. The summed E-state index contributed by atoms with van der Waals surface area (Å²) < 4.78 is 12.8. The van der Waals surface area contributed by atoms with E-state index in [2.05, 4.69) is 37.5 Å². The number of methoxy groups -OCH3 is 1. The Kier molecular flexibility index (Phi) is 5.58. The smallest absolute Gasteiger partial charge is 0.255 e. The molecular formula is C23H30N4O3. The Balaban J connectivity index is 1.32. The van der Waals surface area contributed by atoms with Crippen LogP contribution in [0.2, 0.25) is 0 Å². The lowest BCUT2D eigenvalue weighted by atomic mass is 9.83. The van der Waals surface area contributed by atoms with E-state index in [0.717, 1.165) is 70.3 Å². The minimum Gasteiger partial charge on any atom is -0.495 e. The maximum Gasteiger partial charge on any atom is 0.255 e. The average Bonchev–Trinajstić information content (AvgIpc) is 2.77. The number of aromatic nitrogens is 2. The van der Waals surface area contributed by atoms with Crippen LogP contribution in [-0.2, 0) is 24.4 Å². The fraction of sp³-hybridized carbons (Fsp3) is 0.565. The lowest BCUT2D eigenvalue weighted by molar-refractivity contribution is 0.0338. The molecule has 0 aliphatic carbocycles. The second kappa shape index (κ2) is 8.49. The SMILES string of the molecule is COc1cncc(CN2C[C@@H]3C[C@H](C2)c2ccc(CN4CCOCC4)c(=O)n2C3)c1. The Hall–Kier alpha value is -2.22. The fourth-order valence-corrected chi connectivity index (χ4v) is 5.26. The molecule has 0 amide bonds. The minimum absolute atomic E-state index is 0.208. The van der Waals surface area contributed by atoms with Crippen LogP contribution in [0.5, 0.6) is 5.75 Å². The molecule has 7 nitrogen and oxygen atoms in total. The van der Waals surface area contributed by atoms with Gasteiger partial charge in [0.25, 0.3) is 5.56 Å². The third-order valence-electron chi connectivity index (χ3n) is 6.67. The Labute approximate surface area is 177 Å². The summed E-state index contributed by atoms with van der Waals surface area (Å²) in [6.07, 6.45) is 4.84. The summed E-state index contributed by atoms with van der Waals surface area (Å²) in [6, 6.07) is 6.33. The van der Waals surface area contributed by atoms with Crippen molar-refractivity contribution in [2.75, 3.05) is 46.5 Å². The van der Waals surface area contributed by atoms with Crippen molar-refractivity contribution in [3.05, 3.63) is 57.8 Å². The number of piperidine rings is 1. The summed E-state index contributed by atoms with van der Waals surface area (Å²) in [5.74, 6) is 1.74. The van der Waals surface area contributed by atoms with E-state index in [4.69, 9.17) is 9.47 Å². The number of rotatable bonds is 5. The highest BCUT2D eigenvalue weighted by molar-refractivity contribution is 5.25. The Morgan fingerprint density at radius 3 is 2.80 bits per heavy atom. The monoisotopic (exact) mass is 410 g/mol. The van der Waals surface area contributed by atoms with E-state index in [0.29, 0.717) is 11.8 Å². The van der Waals surface area contributed by atoms with Crippen LogP contribution in [0.3, 0.4) is 0 Å². The maximum atomic E-state index is 13.2. The van der Waals surface area contributed by atoms with E-state index in [9.17, 15) is 4.79 Å². The lowest BCUT2D eigenvalue weighted by Crippen LogP contribution is -2.47. The highest BCUT2D eigenvalue weighted by atomic mass is 16.5. The number of hydrogen-bond donors (Lipinski definition) is 0. The second-order valence-corrected chi connectivity index (χ2v) is 8.81. The Morgan fingerprint density at radius 2 is 1.97 bits per heavy atom. The summed E-state index contributed by atoms with van der Waals surface area (Å²) in [4.78, 5) is 22.3. The van der Waals surface area contributed by atoms with Crippen LogP contribution in [0.15, 0.2) is 35.4 Å². The molecule has 5 rings (SSSR count). The van der Waals surface area contributed by atoms with Crippen LogP contribution < -0.4 is 10.3 Å². The number of likely N-dealkylation sites (tertiary alicyclic amines) is 1. The summed E-state index contributed by atoms with van der Waals surface area (Å²) in [5, 5.41) is 0. The zero-order valence-electron chi connectivity index (χ0n) is 17.6. The molecule has 7 heteroatoms. The molecule has 3 aliphatic heterocycles. The van der Waals surface area contributed by atoms with Crippen molar-refractivity contribution in [3.8, 4) is 5.75 Å². The van der Waals surface area contributed by atoms with Gasteiger partial charge in [0.05, 0.1) is 26.5 Å². The van der Waals surface area contributed by atoms with E-state index >= 15 is 0 Å². The summed E-state index contributed by atoms with van der Waals surface area (Å²) >= 11 is 0. The standard InChI is InChI=1S/C23H30N4O3/c1-29-21-9-17(10-24-11-21)12-26-13-18-8-20(16-26)22-3-2-19(23(28)27(22)14-18)15-25-4-6-30-7-5-25/h2-3,9-11,18,20H,4-8,12-16H2,1H3/t18-,20+/m0/s1. The molecule has 2 atom stereocenters. The maximum absolute atomic E-state index is 13.2. The van der Waals surface area contributed by atoms with Crippen molar-refractivity contribution in [2.45, 2.75) is 32.0 Å². The Bertz CT molecular complexity index is 954. The number of nitrogens with zero attached hydrogens (tertiary/aromatic N) is 4. The van der Waals surface area contributed by atoms with E-state index in [1.54, 1.807) is 13.3 Å². The van der Waals surface area contributed by atoms with Crippen molar-refractivity contribution in [2.24, 2.45) is 5.92 Å². The van der Waals surface area contributed by atoms with Crippen LogP contribution in [0.4, 0.5) is 0 Å². The molecule has 0 spiro atoms. The van der Waals surface area contributed by atoms with Gasteiger partial charge in [-0.1, -0.05) is 6.07 Å². The van der Waals surface area contributed by atoms with Gasteiger partial charge < -0.3 is 14.0 Å². The van der Waals surface area contributed by atoms with E-state index in [1.165, 1.54) is 17.7 Å². The molecule has 30 heavy (non-hydrogen) atoms. The van der Waals surface area contributed by atoms with Crippen LogP contribution in [0, 0.1) is 5.92 Å². The molecule has 2 bridgehead atoms. The highest BCUT2D eigenvalue weighted by Gasteiger charge is 2.35. The third kappa shape index (κ3) is 4.02. The van der Waals surface area contributed by atoms with Gasteiger partial charge >= 0.3 is 0 Å². The first-order valence-corrected chi connectivity index (χ1v) is 10.9. The molecule has 2 aromatic heterocycles. The van der Waals surface area contributed by atoms with E-state index < -0.39 is 0 Å². The number of ether oxygens (including phenoxy) is 2. The van der Waals surface area contributed by atoms with Gasteiger partial charge in [0, 0.05) is 69.2 Å². The minimum atomic E-state index is 0.208. The van der Waals surface area contributed by atoms with Gasteiger partial charge in [-0.15, -0.1) is 0 Å². The molecule has 2 aromatic rings. The first-order chi connectivity index (χ1) is 14.7. The van der Waals surface area contributed by atoms with Crippen LogP contribution in [-0.4, -0.2) is 65.9 Å². The quantitative estimate of drug-likeness (QED) is 0.748. The highest BCUT2D eigenvalue weighted by Crippen LogP contribution is 2.35. The Morgan fingerprint density at radius 1 is 1.10 bits per heavy atom. The van der Waals surface area contributed by atoms with E-state index in [1.807, 2.05) is 6.20 Å². The van der Waals surface area contributed by atoms with Gasteiger partial charge in [-0.2, -0.15) is 0 Å². The zero-order chi connectivity index (χ0) is 20.5. The number of hydrogen-bond acceptors (Lipinski definition) is 6. The van der Waals surface area contributed by atoms with Crippen LogP contribution in [0.1, 0.15) is 29.2 Å². The predicted molar refractivity (Wildman–Crippen MR) is 114 cm³/mol. The molecular weight excluding hydrogens is 380 g/mol. The predicted octanol–water partition coefficient (Wildman–Crippen LogP) is 1.70. The van der Waals surface area contributed by atoms with Crippen LogP contribution >= 0.6 is 0 Å². The molecule has 0 aromatic carbocycles. The number of pyridine rings is 2. The van der Waals surface area contributed by atoms with Crippen molar-refractivity contribution >= 4 is 0 Å². The van der Waals surface area contributed by atoms with Gasteiger partial charge in [-0.3, -0.25) is 19.6 Å². The molecule has 0 N–H and O–H groups in total. The second-order valence-electron chi connectivity index (χ2n) is 8.81. The zero-order valence-corrected chi connectivity index (χ0v) is 17.6. The van der Waals surface area contributed by atoms with E-state index in [-0.39, 0.29) is 5.56 Å². The largest absolute Gasteiger partial charge is 0.495 e. The normalized spacial score (nSPS) is 24.4. The molecule has 5 heterocycles. The lowest BCUT2D eigenvalue weighted by Gasteiger charge is -2.43. The summed E-state index contributed by atoms with van der Waals surface area (Å²) in [5.41, 5.74) is 3.50. The van der Waals surface area contributed by atoms with Gasteiger partial charge in [0.15, 0.2) is 0 Å². The first-order valence-electron chi connectivity index (χ1n) is 10.9. The summed E-state index contributed by atoms with van der Waals surface area (Å²) in [6.45, 7) is 7.76. The molecule has 160 valence electrons. The topological polar surface area (TPSA) is 59.8 Å². The van der Waals surface area contributed by atoms with Crippen LogP contribution in [0.25, 0.3) is 0 Å². The van der Waals surface area contributed by atoms with Gasteiger partial charge in [0.1, 0.15) is 5.75 Å². The van der Waals surface area contributed by atoms with Gasteiger partial charge in [0.2, 0.25) is 0 Å². The third-order valence-corrected chi connectivity index (χ3v) is 6.67. The number of fused-ring (bicyclic) bond motifs is 4. The molecule has 2 saturated heterocycles. The molecule has 0 saturated carbocycles. The van der Waals surface area contributed by atoms with Gasteiger partial charge in [-0.25, -0.2) is 0 Å². The van der Waals surface area contributed by atoms with Gasteiger partial charge in [-0.05, 0) is 30.0 Å². The summed E-state index contributed by atoms with van der Waals surface area (Å²) in [7, 11) is 1.67. The number of morpholine rings is 1. The molecule has 0 radical (unpaired) electrons. The first kappa shape index (κ1) is 19.7. The van der Waals surface area contributed by atoms with Crippen molar-refractivity contribution < 1.29 is 9.47 Å². The van der Waals surface area contributed by atoms with Crippen molar-refractivity contribution in [3.63, 3.8) is 0 Å². The van der Waals surface area contributed by atoms with Crippen molar-refractivity contribution in [1.29, 1.82) is 0 Å². The fourth-order valence-electron chi connectivity index (χ4n) is 5.26. The molecule has 0 unspecified atom stereocenters.